The Bertz CT molecular complexity index is 382. The first kappa shape index (κ1) is 10.4. The molecular weight excluding hydrogens is 222 g/mol. The molecule has 1 aromatic rings. The van der Waals surface area contributed by atoms with Crippen molar-refractivity contribution in [2.24, 2.45) is 0 Å². The van der Waals surface area contributed by atoms with E-state index in [1.54, 1.807) is 0 Å². The predicted molar refractivity (Wildman–Crippen MR) is 66.1 cm³/mol. The van der Waals surface area contributed by atoms with Crippen molar-refractivity contribution < 1.29 is 0 Å². The minimum atomic E-state index is 0.589. The van der Waals surface area contributed by atoms with E-state index in [9.17, 15) is 0 Å². The van der Waals surface area contributed by atoms with Crippen LogP contribution in [0, 0.1) is 0 Å². The van der Waals surface area contributed by atoms with Gasteiger partial charge in [0.25, 0.3) is 0 Å². The van der Waals surface area contributed by atoms with E-state index in [0.29, 0.717) is 5.15 Å². The van der Waals surface area contributed by atoms with Crippen LogP contribution in [0.25, 0.3) is 0 Å². The number of hydrogen-bond acceptors (Lipinski definition) is 3. The topological polar surface area (TPSA) is 19.4 Å². The van der Waals surface area contributed by atoms with Gasteiger partial charge < -0.3 is 4.90 Å². The van der Waals surface area contributed by atoms with Gasteiger partial charge in [-0.3, -0.25) is 4.90 Å². The lowest BCUT2D eigenvalue weighted by Gasteiger charge is -2.38. The Morgan fingerprint density at radius 1 is 1.25 bits per heavy atom. The average molecular weight is 238 g/mol. The van der Waals surface area contributed by atoms with E-state index >= 15 is 0 Å². The molecule has 1 aromatic heterocycles. The van der Waals surface area contributed by atoms with Gasteiger partial charge in [0.05, 0.1) is 0 Å². The summed E-state index contributed by atoms with van der Waals surface area (Å²) >= 11 is 5.93. The number of pyridine rings is 1. The van der Waals surface area contributed by atoms with Crippen LogP contribution < -0.4 is 4.90 Å². The monoisotopic (exact) mass is 237 g/mol. The van der Waals surface area contributed by atoms with E-state index in [-0.39, 0.29) is 0 Å². The van der Waals surface area contributed by atoms with E-state index in [1.165, 1.54) is 25.9 Å². The van der Waals surface area contributed by atoms with Gasteiger partial charge in [0.15, 0.2) is 0 Å². The lowest BCUT2D eigenvalue weighted by molar-refractivity contribution is 0.230. The molecule has 2 saturated heterocycles. The zero-order valence-corrected chi connectivity index (χ0v) is 10.0. The molecule has 1 atom stereocenters. The number of nitrogens with zero attached hydrogens (tertiary/aromatic N) is 3. The molecule has 2 aliphatic heterocycles. The molecule has 0 aromatic carbocycles. The zero-order chi connectivity index (χ0) is 11.0. The van der Waals surface area contributed by atoms with Gasteiger partial charge in [0.2, 0.25) is 0 Å². The summed E-state index contributed by atoms with van der Waals surface area (Å²) in [5.74, 6) is 1.03. The van der Waals surface area contributed by atoms with E-state index < -0.39 is 0 Å². The summed E-state index contributed by atoms with van der Waals surface area (Å²) in [7, 11) is 0. The van der Waals surface area contributed by atoms with Crippen LogP contribution in [0.15, 0.2) is 18.2 Å². The Morgan fingerprint density at radius 3 is 3.06 bits per heavy atom. The maximum absolute atomic E-state index is 5.93. The summed E-state index contributed by atoms with van der Waals surface area (Å²) < 4.78 is 0. The van der Waals surface area contributed by atoms with Crippen molar-refractivity contribution in [3.63, 3.8) is 0 Å². The van der Waals surface area contributed by atoms with Crippen molar-refractivity contribution in [1.29, 1.82) is 0 Å². The highest BCUT2D eigenvalue weighted by Crippen LogP contribution is 2.24. The summed E-state index contributed by atoms with van der Waals surface area (Å²) in [4.78, 5) is 9.34. The predicted octanol–water partition coefficient (Wildman–Crippen LogP) is 2.02. The Kier molecular flexibility index (Phi) is 2.74. The first-order valence-electron chi connectivity index (χ1n) is 5.94. The van der Waals surface area contributed by atoms with Gasteiger partial charge in [-0.05, 0) is 31.5 Å². The van der Waals surface area contributed by atoms with Crippen molar-refractivity contribution in [3.8, 4) is 0 Å². The van der Waals surface area contributed by atoms with E-state index in [1.807, 2.05) is 12.1 Å². The van der Waals surface area contributed by atoms with Crippen LogP contribution in [0.1, 0.15) is 12.8 Å². The molecule has 2 fully saturated rings. The summed E-state index contributed by atoms with van der Waals surface area (Å²) in [5, 5.41) is 0.589. The fourth-order valence-corrected chi connectivity index (χ4v) is 2.93. The number of rotatable bonds is 1. The molecule has 3 heterocycles. The molecule has 0 aliphatic carbocycles. The minimum absolute atomic E-state index is 0.589. The van der Waals surface area contributed by atoms with Crippen molar-refractivity contribution in [2.75, 3.05) is 31.1 Å². The Labute approximate surface area is 101 Å². The highest BCUT2D eigenvalue weighted by molar-refractivity contribution is 6.29. The largest absolute Gasteiger partial charge is 0.354 e. The van der Waals surface area contributed by atoms with Crippen LogP contribution in [0.4, 0.5) is 5.82 Å². The third-order valence-electron chi connectivity index (χ3n) is 3.61. The van der Waals surface area contributed by atoms with Crippen LogP contribution in [-0.4, -0.2) is 42.1 Å². The third-order valence-corrected chi connectivity index (χ3v) is 3.82. The molecule has 2 aliphatic rings. The lowest BCUT2D eigenvalue weighted by atomic mass is 10.1. The summed E-state index contributed by atoms with van der Waals surface area (Å²) in [6.45, 7) is 4.62. The van der Waals surface area contributed by atoms with Crippen LogP contribution in [0.2, 0.25) is 5.15 Å². The molecule has 0 radical (unpaired) electrons. The van der Waals surface area contributed by atoms with Crippen molar-refractivity contribution in [2.45, 2.75) is 18.9 Å². The molecule has 1 unspecified atom stereocenters. The van der Waals surface area contributed by atoms with Gasteiger partial charge >= 0.3 is 0 Å². The first-order valence-corrected chi connectivity index (χ1v) is 6.32. The van der Waals surface area contributed by atoms with Gasteiger partial charge in [0, 0.05) is 25.7 Å². The van der Waals surface area contributed by atoms with Crippen LogP contribution in [0.3, 0.4) is 0 Å². The van der Waals surface area contributed by atoms with Gasteiger partial charge in [-0.2, -0.15) is 0 Å². The molecule has 0 N–H and O–H groups in total. The van der Waals surface area contributed by atoms with E-state index in [4.69, 9.17) is 11.6 Å². The number of anilines is 1. The Hall–Kier alpha value is -0.800. The summed E-state index contributed by atoms with van der Waals surface area (Å²) in [6.07, 6.45) is 2.68. The van der Waals surface area contributed by atoms with Crippen molar-refractivity contribution in [1.82, 2.24) is 9.88 Å². The number of hydrogen-bond donors (Lipinski definition) is 0. The summed E-state index contributed by atoms with van der Waals surface area (Å²) in [5.41, 5.74) is 0. The molecule has 3 nitrogen and oxygen atoms in total. The number of piperazine rings is 1. The number of aromatic nitrogens is 1. The van der Waals surface area contributed by atoms with E-state index in [0.717, 1.165) is 24.9 Å². The van der Waals surface area contributed by atoms with Gasteiger partial charge in [-0.15, -0.1) is 0 Å². The normalized spacial score (nSPS) is 25.8. The Balaban J connectivity index is 1.76. The second-order valence-corrected chi connectivity index (χ2v) is 4.98. The maximum Gasteiger partial charge on any atom is 0.131 e. The van der Waals surface area contributed by atoms with Crippen LogP contribution in [0.5, 0.6) is 0 Å². The molecule has 3 rings (SSSR count). The second kappa shape index (κ2) is 4.22. The molecule has 0 amide bonds. The molecule has 0 saturated carbocycles. The van der Waals surface area contributed by atoms with Crippen LogP contribution >= 0.6 is 11.6 Å². The SMILES string of the molecule is Clc1cccc(N2CCN3CCCC3C2)n1. The Morgan fingerprint density at radius 2 is 2.19 bits per heavy atom. The molecular formula is C12H16ClN3. The van der Waals surface area contributed by atoms with Gasteiger partial charge in [-0.1, -0.05) is 17.7 Å². The quantitative estimate of drug-likeness (QED) is 0.697. The number of fused-ring (bicyclic) bond motifs is 1. The van der Waals surface area contributed by atoms with Crippen LogP contribution in [-0.2, 0) is 0 Å². The fraction of sp³-hybridized carbons (Fsp3) is 0.583. The van der Waals surface area contributed by atoms with E-state index in [2.05, 4.69) is 20.9 Å². The molecule has 4 heteroatoms. The number of halogens is 1. The van der Waals surface area contributed by atoms with Crippen molar-refractivity contribution in [3.05, 3.63) is 23.4 Å². The summed E-state index contributed by atoms with van der Waals surface area (Å²) in [6, 6.07) is 6.59. The third kappa shape index (κ3) is 1.89. The average Bonchev–Trinajstić information content (AvgIpc) is 2.75. The van der Waals surface area contributed by atoms with Crippen molar-refractivity contribution >= 4 is 17.4 Å². The molecule has 0 spiro atoms. The highest BCUT2D eigenvalue weighted by Gasteiger charge is 2.30. The first-order chi connectivity index (χ1) is 7.83. The molecule has 16 heavy (non-hydrogen) atoms. The minimum Gasteiger partial charge on any atom is -0.354 e. The standard InChI is InChI=1S/C12H16ClN3/c13-11-4-1-5-12(14-11)16-8-7-15-6-2-3-10(15)9-16/h1,4-5,10H,2-3,6-9H2. The smallest absolute Gasteiger partial charge is 0.131 e. The highest BCUT2D eigenvalue weighted by atomic mass is 35.5. The van der Waals surface area contributed by atoms with Gasteiger partial charge in [0.1, 0.15) is 11.0 Å². The zero-order valence-electron chi connectivity index (χ0n) is 9.27. The lowest BCUT2D eigenvalue weighted by Crippen LogP contribution is -2.50. The van der Waals surface area contributed by atoms with Gasteiger partial charge in [-0.25, -0.2) is 4.98 Å². The second-order valence-electron chi connectivity index (χ2n) is 4.60. The maximum atomic E-state index is 5.93. The molecule has 86 valence electrons. The fourth-order valence-electron chi connectivity index (χ4n) is 2.77. The molecule has 0 bridgehead atoms.